The molecule has 3 nitrogen and oxygen atoms in total. The molecule has 0 unspecified atom stereocenters. The summed E-state index contributed by atoms with van der Waals surface area (Å²) in [6, 6.07) is -1.31. The Hall–Kier alpha value is -0.380. The Balaban J connectivity index is 3.41. The van der Waals surface area contributed by atoms with Gasteiger partial charge in [0.15, 0.2) is 0 Å². The fourth-order valence-electron chi connectivity index (χ4n) is 2.36. The van der Waals surface area contributed by atoms with Gasteiger partial charge in [0.05, 0.1) is 21.4 Å². The van der Waals surface area contributed by atoms with Gasteiger partial charge < -0.3 is 15.9 Å². The van der Waals surface area contributed by atoms with E-state index in [0.29, 0.717) is 0 Å². The molecule has 0 saturated carbocycles. The summed E-state index contributed by atoms with van der Waals surface area (Å²) in [6.07, 6.45) is 17.3. The number of aliphatic hydroxyl groups is 2. The van der Waals surface area contributed by atoms with E-state index in [1.54, 1.807) is 0 Å². The summed E-state index contributed by atoms with van der Waals surface area (Å²) in [5, 5.41) is 18.7. The Kier molecular flexibility index (Phi) is 12.9. The van der Waals surface area contributed by atoms with Crippen molar-refractivity contribution < 1.29 is 13.0 Å². The summed E-state index contributed by atoms with van der Waals surface area (Å²) < 4.78 is 14.1. The third-order valence-corrected chi connectivity index (χ3v) is 3.82. The van der Waals surface area contributed by atoms with Crippen molar-refractivity contribution in [2.75, 3.05) is 6.56 Å². The van der Waals surface area contributed by atoms with Crippen molar-refractivity contribution in [3.8, 4) is 0 Å². The molecule has 0 amide bonds. The molecular weight excluding hydrogens is 262 g/mol. The van der Waals surface area contributed by atoms with Gasteiger partial charge in [-0.25, -0.2) is 0 Å². The third kappa shape index (κ3) is 14.3. The van der Waals surface area contributed by atoms with Crippen LogP contribution in [0.3, 0.4) is 0 Å². The van der Waals surface area contributed by atoms with Gasteiger partial charge in [0.2, 0.25) is 0 Å². The first-order valence-electron chi connectivity index (χ1n) is 9.72. The highest BCUT2D eigenvalue weighted by Gasteiger charge is 2.08. The van der Waals surface area contributed by atoms with Crippen molar-refractivity contribution in [1.29, 1.82) is 0 Å². The van der Waals surface area contributed by atoms with Crippen LogP contribution in [0.2, 0.25) is 0 Å². The average molecular weight is 302 g/mol. The summed E-state index contributed by atoms with van der Waals surface area (Å²) in [4.78, 5) is 0. The zero-order valence-electron chi connectivity index (χ0n) is 15.8. The summed E-state index contributed by atoms with van der Waals surface area (Å²) in [5.41, 5.74) is 5.42. The first kappa shape index (κ1) is 17.0. The second-order valence-electron chi connectivity index (χ2n) is 5.90. The molecule has 0 aliphatic rings. The van der Waals surface area contributed by atoms with E-state index in [-0.39, 0.29) is 0 Å². The SMILES string of the molecule is [2H]C([2H])(O)[C@H](N)[C@H](O)/C=C/CCCCCCCCCCCCC. The van der Waals surface area contributed by atoms with Crippen LogP contribution in [0.15, 0.2) is 12.2 Å². The normalized spacial score (nSPS) is 16.8. The fraction of sp³-hybridized carbons (Fsp3) is 0.889. The molecule has 126 valence electrons. The second-order valence-corrected chi connectivity index (χ2v) is 5.90. The van der Waals surface area contributed by atoms with Gasteiger partial charge in [0.25, 0.3) is 0 Å². The van der Waals surface area contributed by atoms with E-state index in [2.05, 4.69) is 6.92 Å². The van der Waals surface area contributed by atoms with E-state index in [1.807, 2.05) is 6.08 Å². The molecular formula is C18H37NO2. The van der Waals surface area contributed by atoms with E-state index in [0.717, 1.165) is 12.8 Å². The average Bonchev–Trinajstić information content (AvgIpc) is 2.50. The second kappa shape index (κ2) is 16.0. The highest BCUT2D eigenvalue weighted by atomic mass is 16.3. The van der Waals surface area contributed by atoms with Gasteiger partial charge >= 0.3 is 0 Å². The molecule has 0 aromatic rings. The maximum absolute atomic E-state index is 9.62. The topological polar surface area (TPSA) is 66.5 Å². The largest absolute Gasteiger partial charge is 0.395 e. The van der Waals surface area contributed by atoms with Crippen LogP contribution in [0.1, 0.15) is 86.7 Å². The molecule has 0 heterocycles. The predicted octanol–water partition coefficient (Wildman–Crippen LogP) is 3.92. The molecule has 3 heteroatoms. The lowest BCUT2D eigenvalue weighted by Crippen LogP contribution is -2.36. The van der Waals surface area contributed by atoms with Crippen LogP contribution in [0.25, 0.3) is 0 Å². The molecule has 21 heavy (non-hydrogen) atoms. The molecule has 0 radical (unpaired) electrons. The molecule has 0 bridgehead atoms. The van der Waals surface area contributed by atoms with Gasteiger partial charge in [-0.15, -0.1) is 0 Å². The lowest BCUT2D eigenvalue weighted by atomic mass is 10.0. The van der Waals surface area contributed by atoms with Crippen molar-refractivity contribution in [1.82, 2.24) is 0 Å². The Labute approximate surface area is 134 Å². The van der Waals surface area contributed by atoms with Crippen LogP contribution < -0.4 is 5.73 Å². The highest BCUT2D eigenvalue weighted by molar-refractivity contribution is 4.93. The highest BCUT2D eigenvalue weighted by Crippen LogP contribution is 2.12. The summed E-state index contributed by atoms with van der Waals surface area (Å²) in [7, 11) is 0. The number of unbranched alkanes of at least 4 members (excludes halogenated alkanes) is 11. The minimum Gasteiger partial charge on any atom is -0.395 e. The fourth-order valence-corrected chi connectivity index (χ4v) is 2.36. The quantitative estimate of drug-likeness (QED) is 0.317. The summed E-state index contributed by atoms with van der Waals surface area (Å²) >= 11 is 0. The first-order chi connectivity index (χ1) is 10.9. The van der Waals surface area contributed by atoms with Crippen LogP contribution in [0.5, 0.6) is 0 Å². The Bertz CT molecular complexity index is 293. The van der Waals surface area contributed by atoms with Crippen molar-refractivity contribution in [2.45, 2.75) is 96.1 Å². The lowest BCUT2D eigenvalue weighted by Gasteiger charge is -2.11. The molecule has 2 atom stereocenters. The van der Waals surface area contributed by atoms with Gasteiger partial charge in [-0.05, 0) is 12.8 Å². The Morgan fingerprint density at radius 3 is 1.90 bits per heavy atom. The molecule has 0 aromatic heterocycles. The lowest BCUT2D eigenvalue weighted by molar-refractivity contribution is 0.144. The summed E-state index contributed by atoms with van der Waals surface area (Å²) in [5.74, 6) is 0. The molecule has 0 fully saturated rings. The predicted molar refractivity (Wildman–Crippen MR) is 91.3 cm³/mol. The number of rotatable bonds is 15. The van der Waals surface area contributed by atoms with E-state index in [1.165, 1.54) is 70.3 Å². The van der Waals surface area contributed by atoms with Crippen molar-refractivity contribution in [3.63, 3.8) is 0 Å². The number of aliphatic hydroxyl groups excluding tert-OH is 1. The van der Waals surface area contributed by atoms with Gasteiger partial charge in [-0.1, -0.05) is 83.3 Å². The minimum absolute atomic E-state index is 0.856. The Morgan fingerprint density at radius 2 is 1.43 bits per heavy atom. The van der Waals surface area contributed by atoms with Gasteiger partial charge in [-0.3, -0.25) is 0 Å². The number of hydrogen-bond acceptors (Lipinski definition) is 3. The maximum Gasteiger partial charge on any atom is 0.0894 e. The van der Waals surface area contributed by atoms with Gasteiger partial charge in [0.1, 0.15) is 0 Å². The summed E-state index contributed by atoms with van der Waals surface area (Å²) in [6.45, 7) is -0.310. The van der Waals surface area contributed by atoms with Crippen LogP contribution in [0, 0.1) is 0 Å². The number of hydrogen-bond donors (Lipinski definition) is 3. The zero-order valence-corrected chi connectivity index (χ0v) is 13.8. The maximum atomic E-state index is 9.62. The van der Waals surface area contributed by atoms with E-state index in [9.17, 15) is 5.11 Å². The number of allylic oxidation sites excluding steroid dienone is 1. The molecule has 0 rings (SSSR count). The molecule has 0 aromatic carbocycles. The number of nitrogens with two attached hydrogens (primary N) is 1. The van der Waals surface area contributed by atoms with Gasteiger partial charge in [0, 0.05) is 0 Å². The monoisotopic (exact) mass is 301 g/mol. The van der Waals surface area contributed by atoms with Crippen LogP contribution in [-0.2, 0) is 0 Å². The van der Waals surface area contributed by atoms with Gasteiger partial charge in [-0.2, -0.15) is 0 Å². The molecule has 0 spiro atoms. The third-order valence-electron chi connectivity index (χ3n) is 3.82. The van der Waals surface area contributed by atoms with Crippen molar-refractivity contribution >= 4 is 0 Å². The van der Waals surface area contributed by atoms with E-state index >= 15 is 0 Å². The molecule has 4 N–H and O–H groups in total. The van der Waals surface area contributed by atoms with Crippen molar-refractivity contribution in [3.05, 3.63) is 12.2 Å². The molecule has 0 saturated heterocycles. The zero-order chi connectivity index (χ0) is 17.6. The van der Waals surface area contributed by atoms with E-state index in [4.69, 9.17) is 13.6 Å². The minimum atomic E-state index is -2.56. The smallest absolute Gasteiger partial charge is 0.0894 e. The van der Waals surface area contributed by atoms with Crippen LogP contribution in [0.4, 0.5) is 0 Å². The van der Waals surface area contributed by atoms with E-state index < -0.39 is 18.7 Å². The Morgan fingerprint density at radius 1 is 0.952 bits per heavy atom. The molecule has 0 aliphatic heterocycles. The first-order valence-corrected chi connectivity index (χ1v) is 8.72. The standard InChI is InChI=1S/C18H37NO2/c1-2-3-4-5-6-7-8-9-10-11-12-13-14-15-18(21)17(19)16-20/h14-15,17-18,20-21H,2-13,16,19H2,1H3/b15-14+/t17-,18+/m0/s1/i16D2. The van der Waals surface area contributed by atoms with Crippen molar-refractivity contribution in [2.24, 2.45) is 5.73 Å². The van der Waals surface area contributed by atoms with Crippen LogP contribution >= 0.6 is 0 Å². The molecule has 0 aliphatic carbocycles. The van der Waals surface area contributed by atoms with Crippen LogP contribution in [-0.4, -0.2) is 28.9 Å².